The van der Waals surface area contributed by atoms with E-state index < -0.39 is 0 Å². The molecule has 0 aromatic heterocycles. The molecule has 0 heterocycles. The summed E-state index contributed by atoms with van der Waals surface area (Å²) < 4.78 is 0. The first kappa shape index (κ1) is 44.9. The van der Waals surface area contributed by atoms with Crippen molar-refractivity contribution in [3.05, 3.63) is 0 Å². The first-order valence-electron chi connectivity index (χ1n) is 20.5. The van der Waals surface area contributed by atoms with Crippen LogP contribution >= 0.6 is 0 Å². The highest BCUT2D eigenvalue weighted by Crippen LogP contribution is 2.13. The van der Waals surface area contributed by atoms with E-state index in [1.807, 2.05) is 0 Å². The fourth-order valence-corrected chi connectivity index (χ4v) is 6.22. The van der Waals surface area contributed by atoms with Crippen LogP contribution in [-0.2, 0) is 9.59 Å². The Labute approximate surface area is 287 Å². The lowest BCUT2D eigenvalue weighted by molar-refractivity contribution is -0.121. The minimum atomic E-state index is 0.129. The van der Waals surface area contributed by atoms with Crippen LogP contribution in [-0.4, -0.2) is 61.2 Å². The van der Waals surface area contributed by atoms with Gasteiger partial charge in [-0.15, -0.1) is 0 Å². The second-order valence-corrected chi connectivity index (χ2v) is 14.0. The van der Waals surface area contributed by atoms with Crippen LogP contribution < -0.4 is 10.6 Å². The van der Waals surface area contributed by atoms with Gasteiger partial charge in [-0.25, -0.2) is 0 Å². The van der Waals surface area contributed by atoms with Crippen molar-refractivity contribution in [1.82, 2.24) is 15.5 Å². The number of nitrogens with zero attached hydrogens (tertiary/aromatic N) is 1. The number of aliphatic hydroxyl groups is 1. The van der Waals surface area contributed by atoms with Crippen LogP contribution in [0.15, 0.2) is 0 Å². The lowest BCUT2D eigenvalue weighted by Gasteiger charge is -2.22. The Morgan fingerprint density at radius 2 is 0.717 bits per heavy atom. The van der Waals surface area contributed by atoms with E-state index >= 15 is 0 Å². The van der Waals surface area contributed by atoms with Gasteiger partial charge in [-0.05, 0) is 32.2 Å². The van der Waals surface area contributed by atoms with Gasteiger partial charge in [-0.3, -0.25) is 9.59 Å². The van der Waals surface area contributed by atoms with Crippen molar-refractivity contribution in [2.45, 2.75) is 206 Å². The lowest BCUT2D eigenvalue weighted by Crippen LogP contribution is -2.35. The second kappa shape index (κ2) is 38.3. The van der Waals surface area contributed by atoms with Gasteiger partial charge in [-0.2, -0.15) is 0 Å². The SMILES string of the molecule is CCCCCCCCCCCCCCNC(=O)CCN(CCCCCCO)CCC(=O)NCCCCCCCCCCCCCC. The zero-order valence-corrected chi connectivity index (χ0v) is 31.2. The third-order valence-corrected chi connectivity index (χ3v) is 9.40. The third kappa shape index (κ3) is 35.7. The van der Waals surface area contributed by atoms with Gasteiger partial charge in [0.2, 0.25) is 11.8 Å². The van der Waals surface area contributed by atoms with Crippen molar-refractivity contribution in [3.63, 3.8) is 0 Å². The Morgan fingerprint density at radius 1 is 0.413 bits per heavy atom. The molecule has 0 aromatic carbocycles. The number of carbonyl (C=O) groups is 2. The van der Waals surface area contributed by atoms with Crippen LogP contribution in [0.2, 0.25) is 0 Å². The molecule has 274 valence electrons. The van der Waals surface area contributed by atoms with Crippen LogP contribution in [0.1, 0.15) is 206 Å². The number of amides is 2. The molecule has 0 saturated carbocycles. The number of hydrogen-bond acceptors (Lipinski definition) is 4. The average molecular weight is 652 g/mol. The molecule has 0 spiro atoms. The van der Waals surface area contributed by atoms with Crippen LogP contribution in [0.5, 0.6) is 0 Å². The molecule has 0 aliphatic rings. The second-order valence-electron chi connectivity index (χ2n) is 14.0. The molecule has 0 bridgehead atoms. The van der Waals surface area contributed by atoms with Gasteiger partial charge in [0.05, 0.1) is 0 Å². The number of aliphatic hydroxyl groups excluding tert-OH is 1. The highest BCUT2D eigenvalue weighted by Gasteiger charge is 2.11. The summed E-state index contributed by atoms with van der Waals surface area (Å²) in [6.07, 6.45) is 36.8. The third-order valence-electron chi connectivity index (χ3n) is 9.40. The average Bonchev–Trinajstić information content (AvgIpc) is 3.06. The molecular formula is C40H81N3O3. The highest BCUT2D eigenvalue weighted by atomic mass is 16.3. The maximum atomic E-state index is 12.5. The normalized spacial score (nSPS) is 11.4. The van der Waals surface area contributed by atoms with E-state index in [9.17, 15) is 9.59 Å². The molecule has 0 unspecified atom stereocenters. The van der Waals surface area contributed by atoms with E-state index in [-0.39, 0.29) is 18.4 Å². The summed E-state index contributed by atoms with van der Waals surface area (Å²) in [6, 6.07) is 0. The zero-order chi connectivity index (χ0) is 33.6. The summed E-state index contributed by atoms with van der Waals surface area (Å²) in [4.78, 5) is 27.3. The zero-order valence-electron chi connectivity index (χ0n) is 31.2. The molecule has 0 saturated heterocycles. The standard InChI is InChI=1S/C40H81N3O3/c1-3-5-7-9-11-13-15-17-19-21-23-27-33-41-39(45)31-36-43(35-29-25-26-30-38-44)37-32-40(46)42-34-28-24-22-20-18-16-14-12-10-8-6-4-2/h44H,3-38H2,1-2H3,(H,41,45)(H,42,46). The molecule has 6 nitrogen and oxygen atoms in total. The van der Waals surface area contributed by atoms with E-state index in [0.29, 0.717) is 25.9 Å². The van der Waals surface area contributed by atoms with Gasteiger partial charge < -0.3 is 20.6 Å². The van der Waals surface area contributed by atoms with Crippen molar-refractivity contribution in [2.75, 3.05) is 39.3 Å². The van der Waals surface area contributed by atoms with Crippen molar-refractivity contribution in [3.8, 4) is 0 Å². The molecule has 46 heavy (non-hydrogen) atoms. The van der Waals surface area contributed by atoms with E-state index in [1.165, 1.54) is 141 Å². The molecule has 0 aliphatic carbocycles. The molecule has 0 aromatic rings. The molecule has 0 atom stereocenters. The largest absolute Gasteiger partial charge is 0.396 e. The van der Waals surface area contributed by atoms with Crippen LogP contribution in [0.4, 0.5) is 0 Å². The predicted molar refractivity (Wildman–Crippen MR) is 199 cm³/mol. The van der Waals surface area contributed by atoms with Crippen molar-refractivity contribution in [1.29, 1.82) is 0 Å². The topological polar surface area (TPSA) is 81.7 Å². The Kier molecular flexibility index (Phi) is 37.4. The van der Waals surface area contributed by atoms with Gasteiger partial charge in [0.15, 0.2) is 0 Å². The molecule has 0 fully saturated rings. The minimum Gasteiger partial charge on any atom is -0.396 e. The number of rotatable bonds is 38. The Bertz CT molecular complexity index is 585. The van der Waals surface area contributed by atoms with Crippen LogP contribution in [0.25, 0.3) is 0 Å². The van der Waals surface area contributed by atoms with E-state index in [4.69, 9.17) is 5.11 Å². The summed E-state index contributed by atoms with van der Waals surface area (Å²) in [5, 5.41) is 15.3. The molecule has 2 amide bonds. The van der Waals surface area contributed by atoms with E-state index in [0.717, 1.165) is 58.2 Å². The van der Waals surface area contributed by atoms with Gasteiger partial charge >= 0.3 is 0 Å². The highest BCUT2D eigenvalue weighted by molar-refractivity contribution is 5.76. The first-order valence-corrected chi connectivity index (χ1v) is 20.5. The Hall–Kier alpha value is -1.14. The maximum Gasteiger partial charge on any atom is 0.221 e. The first-order chi connectivity index (χ1) is 22.6. The minimum absolute atomic E-state index is 0.129. The van der Waals surface area contributed by atoms with Crippen LogP contribution in [0, 0.1) is 0 Å². The summed E-state index contributed by atoms with van der Waals surface area (Å²) in [7, 11) is 0. The predicted octanol–water partition coefficient (Wildman–Crippen LogP) is 10.3. The van der Waals surface area contributed by atoms with Gasteiger partial charge in [0.25, 0.3) is 0 Å². The smallest absolute Gasteiger partial charge is 0.221 e. The monoisotopic (exact) mass is 652 g/mol. The summed E-state index contributed by atoms with van der Waals surface area (Å²) in [6.45, 7) is 8.67. The molecular weight excluding hydrogens is 570 g/mol. The van der Waals surface area contributed by atoms with Crippen molar-refractivity contribution >= 4 is 11.8 Å². The molecule has 0 radical (unpaired) electrons. The van der Waals surface area contributed by atoms with Crippen molar-refractivity contribution < 1.29 is 14.7 Å². The Morgan fingerprint density at radius 3 is 1.07 bits per heavy atom. The number of carbonyl (C=O) groups excluding carboxylic acids is 2. The molecule has 6 heteroatoms. The number of unbranched alkanes of at least 4 members (excludes halogenated alkanes) is 25. The number of hydrogen-bond donors (Lipinski definition) is 3. The molecule has 3 N–H and O–H groups in total. The van der Waals surface area contributed by atoms with Crippen LogP contribution in [0.3, 0.4) is 0 Å². The van der Waals surface area contributed by atoms with E-state index in [1.54, 1.807) is 0 Å². The summed E-state index contributed by atoms with van der Waals surface area (Å²) in [5.41, 5.74) is 0. The molecule has 0 rings (SSSR count). The maximum absolute atomic E-state index is 12.5. The van der Waals surface area contributed by atoms with Gasteiger partial charge in [-0.1, -0.05) is 168 Å². The van der Waals surface area contributed by atoms with Gasteiger partial charge in [0.1, 0.15) is 0 Å². The van der Waals surface area contributed by atoms with Gasteiger partial charge in [0, 0.05) is 45.6 Å². The quantitative estimate of drug-likeness (QED) is 0.0580. The Balaban J connectivity index is 3.93. The van der Waals surface area contributed by atoms with Crippen molar-refractivity contribution in [2.24, 2.45) is 0 Å². The van der Waals surface area contributed by atoms with E-state index in [2.05, 4.69) is 29.4 Å². The number of nitrogens with one attached hydrogen (secondary N) is 2. The fraction of sp³-hybridized carbons (Fsp3) is 0.950. The molecule has 0 aliphatic heterocycles. The lowest BCUT2D eigenvalue weighted by atomic mass is 10.1. The summed E-state index contributed by atoms with van der Waals surface area (Å²) in [5.74, 6) is 0.259. The summed E-state index contributed by atoms with van der Waals surface area (Å²) >= 11 is 0. The fourth-order valence-electron chi connectivity index (χ4n) is 6.22.